The second kappa shape index (κ2) is 7.72. The molecule has 142 valence electrons. The number of hydrogen-bond acceptors (Lipinski definition) is 6. The maximum Gasteiger partial charge on any atom is 0.305 e. The third-order valence-corrected chi connectivity index (χ3v) is 5.93. The molecule has 0 amide bonds. The van der Waals surface area contributed by atoms with E-state index < -0.39 is 6.10 Å². The molecule has 1 aliphatic rings. The largest absolute Gasteiger partial charge is 0.506 e. The Bertz CT molecular complexity index is 969. The van der Waals surface area contributed by atoms with Crippen molar-refractivity contribution in [2.24, 2.45) is 0 Å². The molecule has 0 radical (unpaired) electrons. The fraction of sp³-hybridized carbons (Fsp3) is 0.350. The van der Waals surface area contributed by atoms with E-state index in [0.29, 0.717) is 22.3 Å². The van der Waals surface area contributed by atoms with Crippen LogP contribution in [0.1, 0.15) is 30.9 Å². The number of aliphatic hydroxyl groups excluding tert-OH is 1. The monoisotopic (exact) mass is 386 g/mol. The molecule has 6 nitrogen and oxygen atoms in total. The number of phenols is 1. The van der Waals surface area contributed by atoms with Crippen LogP contribution in [0.4, 0.5) is 0 Å². The number of phenolic OH excluding ortho intramolecular Hbond substituents is 1. The van der Waals surface area contributed by atoms with Crippen molar-refractivity contribution < 1.29 is 14.9 Å². The summed E-state index contributed by atoms with van der Waals surface area (Å²) in [7, 11) is 0. The Hall–Kier alpha value is -2.35. The quantitative estimate of drug-likeness (QED) is 0.523. The van der Waals surface area contributed by atoms with Crippen LogP contribution < -0.4 is 14.9 Å². The summed E-state index contributed by atoms with van der Waals surface area (Å²) in [6.07, 6.45) is 2.34. The molecule has 0 spiro atoms. The van der Waals surface area contributed by atoms with E-state index in [-0.39, 0.29) is 22.8 Å². The molecule has 1 fully saturated rings. The van der Waals surface area contributed by atoms with Crippen molar-refractivity contribution in [2.75, 3.05) is 6.54 Å². The van der Waals surface area contributed by atoms with Gasteiger partial charge in [-0.05, 0) is 37.5 Å². The van der Waals surface area contributed by atoms with Crippen LogP contribution in [-0.2, 0) is 0 Å². The van der Waals surface area contributed by atoms with Gasteiger partial charge in [0.1, 0.15) is 23.1 Å². The lowest BCUT2D eigenvalue weighted by atomic mass is 10.1. The number of thiazole rings is 1. The molecule has 2 unspecified atom stereocenters. The highest BCUT2D eigenvalue weighted by Gasteiger charge is 2.29. The molecule has 0 aliphatic heterocycles. The normalized spacial score (nSPS) is 20.8. The number of para-hydroxylation sites is 1. The van der Waals surface area contributed by atoms with E-state index in [1.165, 1.54) is 6.07 Å². The number of benzene rings is 2. The molecule has 1 aliphatic carbocycles. The van der Waals surface area contributed by atoms with Crippen molar-refractivity contribution in [3.8, 4) is 11.5 Å². The van der Waals surface area contributed by atoms with Crippen molar-refractivity contribution in [3.05, 3.63) is 57.7 Å². The molecule has 4 rings (SSSR count). The average molecular weight is 386 g/mol. The third kappa shape index (κ3) is 3.85. The minimum absolute atomic E-state index is 0.0133. The minimum Gasteiger partial charge on any atom is -0.506 e. The smallest absolute Gasteiger partial charge is 0.305 e. The van der Waals surface area contributed by atoms with E-state index in [4.69, 9.17) is 4.74 Å². The van der Waals surface area contributed by atoms with Gasteiger partial charge in [-0.1, -0.05) is 35.6 Å². The Morgan fingerprint density at radius 1 is 1.22 bits per heavy atom. The van der Waals surface area contributed by atoms with Crippen molar-refractivity contribution in [3.63, 3.8) is 0 Å². The third-order valence-electron chi connectivity index (χ3n) is 5.00. The first kappa shape index (κ1) is 18.0. The SMILES string of the molecule is O=c1[nH]c2c(O)ccc([C@@H](O)CNC3CCCC3Oc3ccccc3)c2s1. The van der Waals surface area contributed by atoms with E-state index in [1.807, 2.05) is 30.3 Å². The number of ether oxygens (including phenoxy) is 1. The predicted octanol–water partition coefficient (Wildman–Crippen LogP) is 2.92. The lowest BCUT2D eigenvalue weighted by molar-refractivity contribution is 0.141. The number of aliphatic hydroxyl groups is 1. The maximum atomic E-state index is 11.6. The van der Waals surface area contributed by atoms with Crippen LogP contribution in [0, 0.1) is 0 Å². The number of hydrogen-bond donors (Lipinski definition) is 4. The Labute approximate surface area is 160 Å². The molecule has 27 heavy (non-hydrogen) atoms. The molecule has 4 N–H and O–H groups in total. The molecule has 2 aromatic carbocycles. The topological polar surface area (TPSA) is 94.6 Å². The molecular formula is C20H22N2O4S. The average Bonchev–Trinajstić information content (AvgIpc) is 3.27. The summed E-state index contributed by atoms with van der Waals surface area (Å²) in [6.45, 7) is 0.352. The molecule has 1 aromatic heterocycles. The van der Waals surface area contributed by atoms with Crippen LogP contribution in [0.5, 0.6) is 11.5 Å². The van der Waals surface area contributed by atoms with E-state index in [2.05, 4.69) is 10.3 Å². The van der Waals surface area contributed by atoms with Crippen molar-refractivity contribution >= 4 is 21.6 Å². The first-order valence-electron chi connectivity index (χ1n) is 9.09. The second-order valence-corrected chi connectivity index (χ2v) is 7.81. The Morgan fingerprint density at radius 3 is 2.85 bits per heavy atom. The zero-order valence-corrected chi connectivity index (χ0v) is 15.5. The first-order chi connectivity index (χ1) is 13.1. The van der Waals surface area contributed by atoms with E-state index >= 15 is 0 Å². The van der Waals surface area contributed by atoms with Gasteiger partial charge in [0.25, 0.3) is 0 Å². The fourth-order valence-corrected chi connectivity index (χ4v) is 4.57. The van der Waals surface area contributed by atoms with Gasteiger partial charge in [-0.25, -0.2) is 0 Å². The zero-order valence-electron chi connectivity index (χ0n) is 14.7. The number of H-pyrrole nitrogens is 1. The lowest BCUT2D eigenvalue weighted by Gasteiger charge is -2.24. The first-order valence-corrected chi connectivity index (χ1v) is 9.91. The summed E-state index contributed by atoms with van der Waals surface area (Å²) in [5, 5.41) is 24.0. The highest BCUT2D eigenvalue weighted by molar-refractivity contribution is 7.16. The van der Waals surface area contributed by atoms with Gasteiger partial charge >= 0.3 is 4.87 Å². The summed E-state index contributed by atoms with van der Waals surface area (Å²) in [5.41, 5.74) is 1.02. The highest BCUT2D eigenvalue weighted by Crippen LogP contribution is 2.31. The standard InChI is InChI=1S/C20H22N2O4S/c23-15-10-9-13(19-18(15)22-20(25)27-19)16(24)11-21-14-7-4-8-17(14)26-12-5-2-1-3-6-12/h1-3,5-6,9-10,14,16-17,21,23-24H,4,7-8,11H2,(H,22,25)/t14?,16-,17?/m0/s1. The van der Waals surface area contributed by atoms with Gasteiger partial charge in [0.2, 0.25) is 0 Å². The van der Waals surface area contributed by atoms with E-state index in [9.17, 15) is 15.0 Å². The molecule has 1 saturated carbocycles. The number of nitrogens with one attached hydrogen (secondary N) is 2. The number of aromatic amines is 1. The molecular weight excluding hydrogens is 364 g/mol. The number of aromatic nitrogens is 1. The van der Waals surface area contributed by atoms with Crippen LogP contribution in [0.15, 0.2) is 47.3 Å². The van der Waals surface area contributed by atoms with Crippen molar-refractivity contribution in [1.29, 1.82) is 0 Å². The summed E-state index contributed by atoms with van der Waals surface area (Å²) < 4.78 is 6.69. The maximum absolute atomic E-state index is 11.6. The van der Waals surface area contributed by atoms with E-state index in [1.54, 1.807) is 6.07 Å². The molecule has 3 atom stereocenters. The fourth-order valence-electron chi connectivity index (χ4n) is 3.65. The van der Waals surface area contributed by atoms with Crippen molar-refractivity contribution in [1.82, 2.24) is 10.3 Å². The molecule has 3 aromatic rings. The molecule has 0 bridgehead atoms. The van der Waals surface area contributed by atoms with Gasteiger partial charge in [-0.15, -0.1) is 0 Å². The number of rotatable bonds is 6. The van der Waals surface area contributed by atoms with Gasteiger partial charge in [0.15, 0.2) is 0 Å². The molecule has 7 heteroatoms. The van der Waals surface area contributed by atoms with Gasteiger partial charge < -0.3 is 25.3 Å². The molecule has 1 heterocycles. The predicted molar refractivity (Wildman–Crippen MR) is 106 cm³/mol. The van der Waals surface area contributed by atoms with E-state index in [0.717, 1.165) is 36.3 Å². The summed E-state index contributed by atoms with van der Waals surface area (Å²) in [4.78, 5) is 14.0. The summed E-state index contributed by atoms with van der Waals surface area (Å²) >= 11 is 0.998. The second-order valence-electron chi connectivity index (χ2n) is 6.82. The number of fused-ring (bicyclic) bond motifs is 1. The van der Waals surface area contributed by atoms with Gasteiger partial charge in [0.05, 0.1) is 10.8 Å². The Kier molecular flexibility index (Phi) is 5.15. The summed E-state index contributed by atoms with van der Waals surface area (Å²) in [5.74, 6) is 0.869. The van der Waals surface area contributed by atoms with Crippen LogP contribution in [0.2, 0.25) is 0 Å². The van der Waals surface area contributed by atoms with Gasteiger partial charge in [0, 0.05) is 18.2 Å². The molecule has 0 saturated heterocycles. The Balaban J connectivity index is 1.44. The highest BCUT2D eigenvalue weighted by atomic mass is 32.1. The van der Waals surface area contributed by atoms with Gasteiger partial charge in [-0.2, -0.15) is 0 Å². The Morgan fingerprint density at radius 2 is 2.04 bits per heavy atom. The van der Waals surface area contributed by atoms with Crippen LogP contribution in [-0.4, -0.2) is 33.9 Å². The zero-order chi connectivity index (χ0) is 18.8. The lowest BCUT2D eigenvalue weighted by Crippen LogP contribution is -2.40. The number of aromatic hydroxyl groups is 1. The summed E-state index contributed by atoms with van der Waals surface area (Å²) in [6, 6.07) is 13.1. The van der Waals surface area contributed by atoms with Crippen LogP contribution in [0.25, 0.3) is 10.2 Å². The minimum atomic E-state index is -0.780. The van der Waals surface area contributed by atoms with Gasteiger partial charge in [-0.3, -0.25) is 4.79 Å². The van der Waals surface area contributed by atoms with Crippen LogP contribution >= 0.6 is 11.3 Å². The van der Waals surface area contributed by atoms with Crippen molar-refractivity contribution in [2.45, 2.75) is 37.5 Å². The van der Waals surface area contributed by atoms with Crippen LogP contribution in [0.3, 0.4) is 0 Å².